The minimum atomic E-state index is -2.91. The van der Waals surface area contributed by atoms with Crippen LogP contribution < -0.4 is 5.73 Å². The van der Waals surface area contributed by atoms with E-state index >= 15 is 0 Å². The van der Waals surface area contributed by atoms with Crippen LogP contribution in [0.5, 0.6) is 0 Å². The van der Waals surface area contributed by atoms with E-state index in [9.17, 15) is 8.78 Å². The minimum absolute atomic E-state index is 0.0356. The Bertz CT molecular complexity index is 360. The maximum atomic E-state index is 14.2. The molecule has 0 spiro atoms. The Hall–Kier alpha value is -0.610. The number of benzene rings is 1. The number of nitrogens with two attached hydrogens (primary N) is 1. The van der Waals surface area contributed by atoms with Crippen molar-refractivity contribution in [3.05, 3.63) is 29.8 Å². The quantitative estimate of drug-likeness (QED) is 0.812. The maximum absolute atomic E-state index is 14.2. The summed E-state index contributed by atoms with van der Waals surface area (Å²) >= 11 is 1.64. The van der Waals surface area contributed by atoms with Crippen molar-refractivity contribution in [2.75, 3.05) is 12.3 Å². The van der Waals surface area contributed by atoms with E-state index in [1.54, 1.807) is 23.9 Å². The minimum Gasteiger partial charge on any atom is -0.330 e. The summed E-state index contributed by atoms with van der Waals surface area (Å²) in [7, 11) is 0. The van der Waals surface area contributed by atoms with Crippen LogP contribution in [0.2, 0.25) is 0 Å². The Morgan fingerprint density at radius 2 is 1.71 bits per heavy atom. The van der Waals surface area contributed by atoms with E-state index in [4.69, 9.17) is 5.73 Å². The number of rotatable bonds is 5. The van der Waals surface area contributed by atoms with E-state index in [0.717, 1.165) is 10.6 Å². The zero-order valence-electron chi connectivity index (χ0n) is 10.5. The molecule has 0 heterocycles. The van der Waals surface area contributed by atoms with Gasteiger partial charge in [0.15, 0.2) is 0 Å². The van der Waals surface area contributed by atoms with Crippen molar-refractivity contribution >= 4 is 11.8 Å². The predicted molar refractivity (Wildman–Crippen MR) is 69.6 cm³/mol. The van der Waals surface area contributed by atoms with Crippen LogP contribution >= 0.6 is 11.8 Å². The van der Waals surface area contributed by atoms with E-state index < -0.39 is 11.3 Å². The van der Waals surface area contributed by atoms with Crippen molar-refractivity contribution in [3.8, 4) is 0 Å². The molecule has 0 bridgehead atoms. The third kappa shape index (κ3) is 2.99. The zero-order chi connectivity index (χ0) is 13.1. The van der Waals surface area contributed by atoms with Crippen LogP contribution in [0.3, 0.4) is 0 Å². The molecule has 0 amide bonds. The fourth-order valence-electron chi connectivity index (χ4n) is 1.45. The molecule has 0 saturated carbocycles. The lowest BCUT2D eigenvalue weighted by Crippen LogP contribution is -2.40. The lowest BCUT2D eigenvalue weighted by molar-refractivity contribution is -0.108. The Labute approximate surface area is 106 Å². The number of hydrogen-bond acceptors (Lipinski definition) is 2. The molecular formula is C13H19F2NS. The summed E-state index contributed by atoms with van der Waals surface area (Å²) in [4.78, 5) is 1.01. The molecule has 96 valence electrons. The van der Waals surface area contributed by atoms with Gasteiger partial charge in [-0.25, -0.2) is 8.78 Å². The van der Waals surface area contributed by atoms with Crippen molar-refractivity contribution < 1.29 is 8.78 Å². The standard InChI is InChI=1S/C13H19F2NS/c1-4-17-11-7-5-10(6-8-11)13(14,15)12(2,3)9-16/h5-8H,4,9,16H2,1-3H3. The van der Waals surface area contributed by atoms with E-state index in [1.165, 1.54) is 26.0 Å². The van der Waals surface area contributed by atoms with Gasteiger partial charge in [-0.15, -0.1) is 11.8 Å². The first-order valence-electron chi connectivity index (χ1n) is 5.66. The maximum Gasteiger partial charge on any atom is 0.279 e. The highest BCUT2D eigenvalue weighted by Gasteiger charge is 2.46. The van der Waals surface area contributed by atoms with E-state index in [0.29, 0.717) is 0 Å². The van der Waals surface area contributed by atoms with Gasteiger partial charge in [-0.1, -0.05) is 32.9 Å². The van der Waals surface area contributed by atoms with Gasteiger partial charge in [-0.3, -0.25) is 0 Å². The molecule has 1 aromatic carbocycles. The summed E-state index contributed by atoms with van der Waals surface area (Å²) in [6.07, 6.45) is 0. The molecule has 0 saturated heterocycles. The summed E-state index contributed by atoms with van der Waals surface area (Å²) in [5, 5.41) is 0. The highest BCUT2D eigenvalue weighted by molar-refractivity contribution is 7.99. The first-order chi connectivity index (χ1) is 7.85. The first kappa shape index (κ1) is 14.5. The molecule has 1 aromatic rings. The molecular weight excluding hydrogens is 240 g/mol. The Morgan fingerprint density at radius 1 is 1.18 bits per heavy atom. The van der Waals surface area contributed by atoms with Crippen molar-refractivity contribution in [3.63, 3.8) is 0 Å². The first-order valence-corrected chi connectivity index (χ1v) is 6.65. The van der Waals surface area contributed by atoms with Gasteiger partial charge in [0.2, 0.25) is 0 Å². The van der Waals surface area contributed by atoms with Crippen LogP contribution in [-0.4, -0.2) is 12.3 Å². The van der Waals surface area contributed by atoms with Crippen LogP contribution in [0, 0.1) is 5.41 Å². The molecule has 0 aliphatic rings. The average Bonchev–Trinajstić information content (AvgIpc) is 2.30. The van der Waals surface area contributed by atoms with Crippen LogP contribution in [0.4, 0.5) is 8.78 Å². The topological polar surface area (TPSA) is 26.0 Å². The molecule has 0 aromatic heterocycles. The van der Waals surface area contributed by atoms with Gasteiger partial charge in [0.1, 0.15) is 0 Å². The SMILES string of the molecule is CCSc1ccc(C(F)(F)C(C)(C)CN)cc1. The largest absolute Gasteiger partial charge is 0.330 e. The fraction of sp³-hybridized carbons (Fsp3) is 0.538. The Kier molecular flexibility index (Phi) is 4.55. The average molecular weight is 259 g/mol. The molecule has 1 rings (SSSR count). The number of hydrogen-bond donors (Lipinski definition) is 1. The molecule has 4 heteroatoms. The highest BCUT2D eigenvalue weighted by Crippen LogP contribution is 2.44. The van der Waals surface area contributed by atoms with Crippen molar-refractivity contribution in [2.24, 2.45) is 11.1 Å². The molecule has 0 aliphatic heterocycles. The third-order valence-corrected chi connectivity index (χ3v) is 3.78. The monoisotopic (exact) mass is 259 g/mol. The molecule has 0 fully saturated rings. The van der Waals surface area contributed by atoms with Crippen LogP contribution in [-0.2, 0) is 5.92 Å². The molecule has 17 heavy (non-hydrogen) atoms. The second-order valence-electron chi connectivity index (χ2n) is 4.62. The van der Waals surface area contributed by atoms with Crippen LogP contribution in [0.15, 0.2) is 29.2 Å². The van der Waals surface area contributed by atoms with Gasteiger partial charge in [-0.2, -0.15) is 0 Å². The summed E-state index contributed by atoms with van der Waals surface area (Å²) < 4.78 is 28.3. The Morgan fingerprint density at radius 3 is 2.12 bits per heavy atom. The van der Waals surface area contributed by atoms with E-state index in [-0.39, 0.29) is 12.1 Å². The van der Waals surface area contributed by atoms with Gasteiger partial charge in [0, 0.05) is 22.4 Å². The molecule has 0 aliphatic carbocycles. The van der Waals surface area contributed by atoms with Crippen molar-refractivity contribution in [1.29, 1.82) is 0 Å². The molecule has 1 nitrogen and oxygen atoms in total. The second-order valence-corrected chi connectivity index (χ2v) is 5.96. The predicted octanol–water partition coefficient (Wildman–Crippen LogP) is 3.88. The summed E-state index contributed by atoms with van der Waals surface area (Å²) in [6.45, 7) is 4.96. The normalized spacial score (nSPS) is 12.8. The molecule has 2 N–H and O–H groups in total. The number of alkyl halides is 2. The Balaban J connectivity index is 2.99. The summed E-state index contributed by atoms with van der Waals surface area (Å²) in [5.41, 5.74) is 4.23. The van der Waals surface area contributed by atoms with Gasteiger partial charge in [-0.05, 0) is 17.9 Å². The van der Waals surface area contributed by atoms with E-state index in [1.807, 2.05) is 6.92 Å². The third-order valence-electron chi connectivity index (χ3n) is 2.89. The van der Waals surface area contributed by atoms with Crippen LogP contribution in [0.25, 0.3) is 0 Å². The number of halogens is 2. The second kappa shape index (κ2) is 5.36. The lowest BCUT2D eigenvalue weighted by atomic mass is 9.82. The fourth-order valence-corrected chi connectivity index (χ4v) is 2.11. The van der Waals surface area contributed by atoms with Crippen molar-refractivity contribution in [2.45, 2.75) is 31.6 Å². The highest BCUT2D eigenvalue weighted by atomic mass is 32.2. The van der Waals surface area contributed by atoms with Gasteiger partial charge >= 0.3 is 0 Å². The van der Waals surface area contributed by atoms with E-state index in [2.05, 4.69) is 0 Å². The van der Waals surface area contributed by atoms with Crippen LogP contribution in [0.1, 0.15) is 26.3 Å². The zero-order valence-corrected chi connectivity index (χ0v) is 11.3. The molecule has 0 unspecified atom stereocenters. The summed E-state index contributed by atoms with van der Waals surface area (Å²) in [6, 6.07) is 6.47. The number of thioether (sulfide) groups is 1. The molecule has 0 atom stereocenters. The smallest absolute Gasteiger partial charge is 0.279 e. The van der Waals surface area contributed by atoms with Gasteiger partial charge in [0.25, 0.3) is 5.92 Å². The molecule has 0 radical (unpaired) electrons. The summed E-state index contributed by atoms with van der Waals surface area (Å²) in [5.74, 6) is -1.97. The van der Waals surface area contributed by atoms with Crippen molar-refractivity contribution in [1.82, 2.24) is 0 Å². The van der Waals surface area contributed by atoms with Gasteiger partial charge < -0.3 is 5.73 Å². The van der Waals surface area contributed by atoms with Gasteiger partial charge in [0.05, 0.1) is 0 Å². The lowest BCUT2D eigenvalue weighted by Gasteiger charge is -2.33.